The molecule has 0 aromatic rings. The molecule has 0 spiro atoms. The Morgan fingerprint density at radius 3 is 0.747 bits per heavy atom. The maximum absolute atomic E-state index is 12.9. The van der Waals surface area contributed by atoms with Gasteiger partial charge < -0.3 is 14.2 Å². The Kier molecular flexibility index (Phi) is 66.1. The molecule has 6 heteroatoms. The Morgan fingerprint density at radius 2 is 0.468 bits per heavy atom. The van der Waals surface area contributed by atoms with E-state index in [4.69, 9.17) is 14.2 Å². The number of unbranched alkanes of at least 4 members (excludes halogenated alkanes) is 49. The van der Waals surface area contributed by atoms with E-state index in [0.717, 1.165) is 83.5 Å². The quantitative estimate of drug-likeness (QED) is 0.0261. The van der Waals surface area contributed by atoms with Crippen molar-refractivity contribution in [1.82, 2.24) is 0 Å². The molecule has 0 heterocycles. The maximum Gasteiger partial charge on any atom is 0.306 e. The third kappa shape index (κ3) is 66.3. The van der Waals surface area contributed by atoms with E-state index >= 15 is 0 Å². The standard InChI is InChI=1S/C73H136O6/c1-4-7-10-13-16-19-22-25-28-29-30-31-32-33-34-35-36-37-38-39-40-41-42-43-44-45-46-49-51-54-57-60-63-66-72(75)78-69-70(79-73(76)67-64-61-58-55-52-48-27-24-21-18-15-12-9-6-3)68-77-71(74)65-62-59-56-53-50-47-26-23-20-17-14-11-8-5-2/h15,18,24,27,29-30,70H,4-14,16-17,19-23,25-26,28,31-69H2,1-3H3/b18-15-,27-24-,30-29-. The van der Waals surface area contributed by atoms with Crippen LogP contribution in [0, 0.1) is 0 Å². The van der Waals surface area contributed by atoms with Crippen molar-refractivity contribution in [3.8, 4) is 0 Å². The highest BCUT2D eigenvalue weighted by molar-refractivity contribution is 5.71. The van der Waals surface area contributed by atoms with Gasteiger partial charge in [0.05, 0.1) is 0 Å². The lowest BCUT2D eigenvalue weighted by Gasteiger charge is -2.18. The van der Waals surface area contributed by atoms with E-state index in [9.17, 15) is 14.4 Å². The molecule has 0 fully saturated rings. The molecule has 0 aliphatic rings. The number of carbonyl (C=O) groups is 3. The molecule has 0 bridgehead atoms. The van der Waals surface area contributed by atoms with Gasteiger partial charge in [0.25, 0.3) is 0 Å². The Bertz CT molecular complexity index is 1320. The third-order valence-corrected chi connectivity index (χ3v) is 16.1. The number of hydrogen-bond donors (Lipinski definition) is 0. The monoisotopic (exact) mass is 1110 g/mol. The highest BCUT2D eigenvalue weighted by atomic mass is 16.6. The molecule has 1 atom stereocenters. The van der Waals surface area contributed by atoms with Gasteiger partial charge in [0.1, 0.15) is 13.2 Å². The first-order chi connectivity index (χ1) is 39.0. The van der Waals surface area contributed by atoms with Gasteiger partial charge in [-0.25, -0.2) is 0 Å². The molecule has 464 valence electrons. The summed E-state index contributed by atoms with van der Waals surface area (Å²) >= 11 is 0. The van der Waals surface area contributed by atoms with Crippen LogP contribution in [0.25, 0.3) is 0 Å². The number of carbonyl (C=O) groups excluding carboxylic acids is 3. The molecular formula is C73H136O6. The fourth-order valence-electron chi connectivity index (χ4n) is 10.8. The topological polar surface area (TPSA) is 78.9 Å². The van der Waals surface area contributed by atoms with Gasteiger partial charge in [0, 0.05) is 19.3 Å². The second kappa shape index (κ2) is 68.1. The molecule has 0 aromatic carbocycles. The minimum Gasteiger partial charge on any atom is -0.462 e. The molecule has 0 saturated heterocycles. The van der Waals surface area contributed by atoms with Crippen LogP contribution < -0.4 is 0 Å². The average Bonchev–Trinajstić information content (AvgIpc) is 3.45. The van der Waals surface area contributed by atoms with E-state index in [2.05, 4.69) is 57.2 Å². The van der Waals surface area contributed by atoms with Crippen molar-refractivity contribution in [2.24, 2.45) is 0 Å². The highest BCUT2D eigenvalue weighted by Crippen LogP contribution is 2.18. The Morgan fingerprint density at radius 1 is 0.253 bits per heavy atom. The Balaban J connectivity index is 4.08. The van der Waals surface area contributed by atoms with Gasteiger partial charge in [0.15, 0.2) is 6.10 Å². The first-order valence-corrected chi connectivity index (χ1v) is 35.5. The number of ether oxygens (including phenoxy) is 3. The Labute approximate surface area is 493 Å². The summed E-state index contributed by atoms with van der Waals surface area (Å²) in [7, 11) is 0. The molecule has 1 unspecified atom stereocenters. The average molecular weight is 1110 g/mol. The van der Waals surface area contributed by atoms with Crippen LogP contribution >= 0.6 is 0 Å². The summed E-state index contributed by atoms with van der Waals surface area (Å²) in [6, 6.07) is 0. The molecule has 0 aliphatic heterocycles. The molecule has 6 nitrogen and oxygen atoms in total. The summed E-state index contributed by atoms with van der Waals surface area (Å²) in [5, 5.41) is 0. The van der Waals surface area contributed by atoms with E-state index in [-0.39, 0.29) is 31.1 Å². The van der Waals surface area contributed by atoms with Gasteiger partial charge in [-0.05, 0) is 70.6 Å². The second-order valence-corrected chi connectivity index (χ2v) is 24.1. The van der Waals surface area contributed by atoms with Crippen LogP contribution in [-0.4, -0.2) is 37.2 Å². The second-order valence-electron chi connectivity index (χ2n) is 24.1. The van der Waals surface area contributed by atoms with Crippen LogP contribution in [-0.2, 0) is 28.6 Å². The van der Waals surface area contributed by atoms with Gasteiger partial charge in [-0.2, -0.15) is 0 Å². The zero-order valence-corrected chi connectivity index (χ0v) is 53.4. The number of hydrogen-bond acceptors (Lipinski definition) is 6. The summed E-state index contributed by atoms with van der Waals surface area (Å²) in [4.78, 5) is 38.3. The number of allylic oxidation sites excluding steroid dienone is 6. The highest BCUT2D eigenvalue weighted by Gasteiger charge is 2.19. The summed E-state index contributed by atoms with van der Waals surface area (Å²) in [6.45, 7) is 6.65. The number of esters is 3. The first kappa shape index (κ1) is 76.6. The molecule has 0 amide bonds. The van der Waals surface area contributed by atoms with Crippen LogP contribution in [0.5, 0.6) is 0 Å². The van der Waals surface area contributed by atoms with Crippen LogP contribution in [0.3, 0.4) is 0 Å². The maximum atomic E-state index is 12.9. The van der Waals surface area contributed by atoms with Gasteiger partial charge in [-0.3, -0.25) is 14.4 Å². The SMILES string of the molecule is CCCC/C=C\C/C=C\CCCCCCCC(=O)OC(COC(=O)CCCCCCCCCCCCCCCC)COC(=O)CCCCCCCCCCCCCCCCCCCCCCC/C=C\CCCCCCCCCC. The summed E-state index contributed by atoms with van der Waals surface area (Å²) in [6.07, 6.45) is 84.8. The lowest BCUT2D eigenvalue weighted by molar-refractivity contribution is -0.167. The van der Waals surface area contributed by atoms with Crippen molar-refractivity contribution in [3.05, 3.63) is 36.5 Å². The van der Waals surface area contributed by atoms with Crippen molar-refractivity contribution < 1.29 is 28.6 Å². The predicted molar refractivity (Wildman–Crippen MR) is 344 cm³/mol. The van der Waals surface area contributed by atoms with E-state index < -0.39 is 6.10 Å². The van der Waals surface area contributed by atoms with Crippen molar-refractivity contribution in [1.29, 1.82) is 0 Å². The van der Waals surface area contributed by atoms with Crippen LogP contribution in [0.2, 0.25) is 0 Å². The molecule has 0 saturated carbocycles. The van der Waals surface area contributed by atoms with Gasteiger partial charge in [-0.1, -0.05) is 340 Å². The van der Waals surface area contributed by atoms with Gasteiger partial charge in [0.2, 0.25) is 0 Å². The van der Waals surface area contributed by atoms with Crippen molar-refractivity contribution in [2.45, 2.75) is 399 Å². The molecule has 0 aromatic heterocycles. The molecule has 0 N–H and O–H groups in total. The van der Waals surface area contributed by atoms with Crippen molar-refractivity contribution in [2.75, 3.05) is 13.2 Å². The van der Waals surface area contributed by atoms with E-state index in [0.29, 0.717) is 19.3 Å². The lowest BCUT2D eigenvalue weighted by Crippen LogP contribution is -2.30. The van der Waals surface area contributed by atoms with Crippen molar-refractivity contribution >= 4 is 17.9 Å². The largest absolute Gasteiger partial charge is 0.462 e. The van der Waals surface area contributed by atoms with Crippen molar-refractivity contribution in [3.63, 3.8) is 0 Å². The normalized spacial score (nSPS) is 12.2. The summed E-state index contributed by atoms with van der Waals surface area (Å²) in [5.74, 6) is -0.860. The summed E-state index contributed by atoms with van der Waals surface area (Å²) in [5.41, 5.74) is 0. The molecule has 0 radical (unpaired) electrons. The smallest absolute Gasteiger partial charge is 0.306 e. The van der Waals surface area contributed by atoms with E-state index in [1.54, 1.807) is 0 Å². The fraction of sp³-hybridized carbons (Fsp3) is 0.877. The minimum atomic E-state index is -0.776. The van der Waals surface area contributed by atoms with Gasteiger partial charge in [-0.15, -0.1) is 0 Å². The lowest BCUT2D eigenvalue weighted by atomic mass is 10.0. The first-order valence-electron chi connectivity index (χ1n) is 35.5. The zero-order chi connectivity index (χ0) is 57.1. The molecule has 79 heavy (non-hydrogen) atoms. The number of rotatable bonds is 66. The molecule has 0 aliphatic carbocycles. The third-order valence-electron chi connectivity index (χ3n) is 16.1. The van der Waals surface area contributed by atoms with Crippen LogP contribution in [0.4, 0.5) is 0 Å². The van der Waals surface area contributed by atoms with Crippen LogP contribution in [0.1, 0.15) is 393 Å². The Hall–Kier alpha value is -2.37. The fourth-order valence-corrected chi connectivity index (χ4v) is 10.8. The van der Waals surface area contributed by atoms with E-state index in [1.807, 2.05) is 0 Å². The van der Waals surface area contributed by atoms with E-state index in [1.165, 1.54) is 270 Å². The van der Waals surface area contributed by atoms with Crippen LogP contribution in [0.15, 0.2) is 36.5 Å². The molecular weight excluding hydrogens is 973 g/mol. The van der Waals surface area contributed by atoms with Gasteiger partial charge >= 0.3 is 17.9 Å². The minimum absolute atomic E-state index is 0.0723. The zero-order valence-electron chi connectivity index (χ0n) is 53.4. The molecule has 0 rings (SSSR count). The predicted octanol–water partition coefficient (Wildman–Crippen LogP) is 24.3. The summed E-state index contributed by atoms with van der Waals surface area (Å²) < 4.78 is 16.9.